The predicted molar refractivity (Wildman–Crippen MR) is 126 cm³/mol. The maximum Gasteiger partial charge on any atom is 0.324 e. The molecule has 31 heavy (non-hydrogen) atoms. The van der Waals surface area contributed by atoms with Gasteiger partial charge in [-0.3, -0.25) is 0 Å². The van der Waals surface area contributed by atoms with Gasteiger partial charge in [-0.15, -0.1) is 0 Å². The van der Waals surface area contributed by atoms with Crippen LogP contribution in [0.15, 0.2) is 72.8 Å². The second kappa shape index (κ2) is 17.1. The molecule has 0 atom stereocenters. The average Bonchev–Trinajstić information content (AvgIpc) is 2.75. The summed E-state index contributed by atoms with van der Waals surface area (Å²) in [5.74, 6) is 1.21. The van der Waals surface area contributed by atoms with Crippen LogP contribution in [-0.2, 0) is 19.3 Å². The van der Waals surface area contributed by atoms with Crippen LogP contribution < -0.4 is 0 Å². The Hall–Kier alpha value is -2.63. The van der Waals surface area contributed by atoms with E-state index in [2.05, 4.69) is 0 Å². The number of benzene rings is 3. The van der Waals surface area contributed by atoms with Crippen molar-refractivity contribution in [2.75, 3.05) is 0 Å². The van der Waals surface area contributed by atoms with Crippen molar-refractivity contribution in [1.82, 2.24) is 0 Å². The van der Waals surface area contributed by atoms with Gasteiger partial charge in [0.2, 0.25) is 0 Å². The molecule has 0 radical (unpaired) electrons. The van der Waals surface area contributed by atoms with E-state index in [9.17, 15) is 0 Å². The molecule has 0 aliphatic carbocycles. The molecule has 0 spiro atoms. The second-order valence-corrected chi connectivity index (χ2v) is 6.75. The lowest BCUT2D eigenvalue weighted by atomic mass is 10.1. The fraction of sp³-hybridized carbons (Fsp3) is 0.250. The number of phenols is 3. The van der Waals surface area contributed by atoms with Crippen LogP contribution in [0.4, 0.5) is 0 Å². The molecule has 0 heterocycles. The highest BCUT2D eigenvalue weighted by atomic mass is 31.2. The maximum absolute atomic E-state index is 9.11. The smallest absolute Gasteiger partial charge is 0.324 e. The highest BCUT2D eigenvalue weighted by Crippen LogP contribution is 2.16. The highest BCUT2D eigenvalue weighted by molar-refractivity contribution is 7.38. The summed E-state index contributed by atoms with van der Waals surface area (Å²) in [7, 11) is -2.62. The van der Waals surface area contributed by atoms with Crippen LogP contribution in [0.5, 0.6) is 17.2 Å². The van der Waals surface area contributed by atoms with Crippen LogP contribution in [0.3, 0.4) is 0 Å². The summed E-state index contributed by atoms with van der Waals surface area (Å²) in [5, 5.41) is 27.3. The van der Waals surface area contributed by atoms with Gasteiger partial charge in [0.05, 0.1) is 0 Å². The normalized spacial score (nSPS) is 9.39. The van der Waals surface area contributed by atoms with Crippen molar-refractivity contribution in [1.29, 1.82) is 0 Å². The molecule has 0 aliphatic heterocycles. The van der Waals surface area contributed by atoms with E-state index in [1.54, 1.807) is 18.2 Å². The summed E-state index contributed by atoms with van der Waals surface area (Å²) in [6.45, 7) is 6.07. The first-order chi connectivity index (χ1) is 14.8. The first-order valence-corrected chi connectivity index (χ1v) is 11.1. The molecule has 0 saturated heterocycles. The van der Waals surface area contributed by atoms with Crippen LogP contribution in [-0.4, -0.2) is 30.0 Å². The molecule has 0 unspecified atom stereocenters. The van der Waals surface area contributed by atoms with E-state index in [1.165, 1.54) is 0 Å². The molecule has 3 aromatic carbocycles. The minimum atomic E-state index is -2.62. The molecular weight excluding hydrogens is 415 g/mol. The Morgan fingerprint density at radius 2 is 0.677 bits per heavy atom. The van der Waals surface area contributed by atoms with Crippen molar-refractivity contribution in [2.45, 2.75) is 40.0 Å². The fourth-order valence-corrected chi connectivity index (χ4v) is 2.43. The van der Waals surface area contributed by atoms with E-state index >= 15 is 0 Å². The Bertz CT molecular complexity index is 744. The number of phenolic OH excluding ortho intramolecular Hbond substituents is 3. The third-order valence-electron chi connectivity index (χ3n) is 4.12. The summed E-state index contributed by atoms with van der Waals surface area (Å²) in [6.07, 6.45) is 2.69. The Morgan fingerprint density at radius 1 is 0.484 bits per heavy atom. The predicted octanol–water partition coefficient (Wildman–Crippen LogP) is 5.05. The molecule has 0 fully saturated rings. The van der Waals surface area contributed by atoms with Gasteiger partial charge in [-0.25, -0.2) is 0 Å². The second-order valence-electron chi connectivity index (χ2n) is 6.22. The summed E-state index contributed by atoms with van der Waals surface area (Å²) in [6, 6.07) is 22.2. The van der Waals surface area contributed by atoms with Crippen molar-refractivity contribution in [3.05, 3.63) is 89.5 Å². The van der Waals surface area contributed by atoms with E-state index in [1.807, 2.05) is 75.4 Å². The average molecular weight is 448 g/mol. The molecule has 3 aromatic rings. The lowest BCUT2D eigenvalue weighted by Gasteiger charge is -1.97. The van der Waals surface area contributed by atoms with E-state index in [4.69, 9.17) is 30.0 Å². The maximum atomic E-state index is 9.11. The molecule has 6 N–H and O–H groups in total. The number of hydrogen-bond acceptors (Lipinski definition) is 6. The standard InChI is InChI=1S/3C8H10O.H3O3P/c3*1-2-7-5-3-4-6-8(7)9;1-4(2)3/h3*3-6,9H,2H2,1H3;1-3H. The molecule has 0 saturated carbocycles. The van der Waals surface area contributed by atoms with Gasteiger partial charge in [-0.1, -0.05) is 75.4 Å². The number of aryl methyl sites for hydroxylation is 3. The zero-order valence-corrected chi connectivity index (χ0v) is 19.1. The van der Waals surface area contributed by atoms with E-state index < -0.39 is 8.60 Å². The number of aromatic hydroxyl groups is 3. The van der Waals surface area contributed by atoms with Crippen molar-refractivity contribution in [3.63, 3.8) is 0 Å². The molecule has 0 amide bonds. The Labute approximate surface area is 185 Å². The van der Waals surface area contributed by atoms with Crippen molar-refractivity contribution >= 4 is 8.60 Å². The highest BCUT2D eigenvalue weighted by Gasteiger charge is 1.94. The SMILES string of the molecule is CCc1ccccc1O.CCc1ccccc1O.CCc1ccccc1O.OP(O)O. The minimum absolute atomic E-state index is 0.403. The molecule has 170 valence electrons. The van der Waals surface area contributed by atoms with Gasteiger partial charge in [0.25, 0.3) is 0 Å². The summed E-state index contributed by atoms with van der Waals surface area (Å²) < 4.78 is 0. The van der Waals surface area contributed by atoms with Crippen LogP contribution >= 0.6 is 8.60 Å². The van der Waals surface area contributed by atoms with Crippen LogP contribution in [0.1, 0.15) is 37.5 Å². The molecule has 0 bridgehead atoms. The van der Waals surface area contributed by atoms with Gasteiger partial charge in [0, 0.05) is 0 Å². The largest absolute Gasteiger partial charge is 0.508 e. The van der Waals surface area contributed by atoms with Gasteiger partial charge in [-0.05, 0) is 54.2 Å². The summed E-state index contributed by atoms with van der Waals surface area (Å²) >= 11 is 0. The van der Waals surface area contributed by atoms with Crippen molar-refractivity contribution < 1.29 is 30.0 Å². The quantitative estimate of drug-likeness (QED) is 0.312. The first kappa shape index (κ1) is 28.4. The number of para-hydroxylation sites is 3. The lowest BCUT2D eigenvalue weighted by Crippen LogP contribution is -1.77. The first-order valence-electron chi connectivity index (χ1n) is 9.93. The van der Waals surface area contributed by atoms with Crippen LogP contribution in [0.25, 0.3) is 0 Å². The Kier molecular flexibility index (Phi) is 15.6. The van der Waals surface area contributed by atoms with Gasteiger partial charge in [0.15, 0.2) is 0 Å². The summed E-state index contributed by atoms with van der Waals surface area (Å²) in [5.41, 5.74) is 3.03. The molecule has 7 heteroatoms. The zero-order valence-electron chi connectivity index (χ0n) is 18.2. The van der Waals surface area contributed by atoms with Crippen molar-refractivity contribution in [3.8, 4) is 17.2 Å². The van der Waals surface area contributed by atoms with Crippen molar-refractivity contribution in [2.24, 2.45) is 0 Å². The molecule has 3 rings (SSSR count). The van der Waals surface area contributed by atoms with Crippen LogP contribution in [0, 0.1) is 0 Å². The Morgan fingerprint density at radius 3 is 0.806 bits per heavy atom. The molecule has 0 aromatic heterocycles. The van der Waals surface area contributed by atoms with Gasteiger partial charge < -0.3 is 30.0 Å². The molecule has 0 aliphatic rings. The third-order valence-corrected chi connectivity index (χ3v) is 4.12. The fourth-order valence-electron chi connectivity index (χ4n) is 2.43. The molecule has 6 nitrogen and oxygen atoms in total. The van der Waals surface area contributed by atoms with Gasteiger partial charge >= 0.3 is 8.60 Å². The monoisotopic (exact) mass is 448 g/mol. The zero-order chi connectivity index (χ0) is 23.6. The topological polar surface area (TPSA) is 121 Å². The van der Waals surface area contributed by atoms with E-state index in [0.717, 1.165) is 36.0 Å². The number of hydrogen-bond donors (Lipinski definition) is 6. The van der Waals surface area contributed by atoms with E-state index in [0.29, 0.717) is 17.2 Å². The molecular formula is C24H33O6P. The third kappa shape index (κ3) is 13.3. The van der Waals surface area contributed by atoms with E-state index in [-0.39, 0.29) is 0 Å². The van der Waals surface area contributed by atoms with Gasteiger partial charge in [0.1, 0.15) is 17.2 Å². The number of rotatable bonds is 3. The van der Waals surface area contributed by atoms with Gasteiger partial charge in [-0.2, -0.15) is 0 Å². The van der Waals surface area contributed by atoms with Crippen LogP contribution in [0.2, 0.25) is 0 Å². The Balaban J connectivity index is 0.000000402. The lowest BCUT2D eigenvalue weighted by molar-refractivity contribution is 0.368. The minimum Gasteiger partial charge on any atom is -0.508 e. The summed E-state index contributed by atoms with van der Waals surface area (Å²) in [4.78, 5) is 21.7.